The average Bonchev–Trinajstić information content (AvgIpc) is 2.86. The van der Waals surface area contributed by atoms with Gasteiger partial charge in [-0.1, -0.05) is 81.6 Å². The largest absolute Gasteiger partial charge is 0.198 e. The molecular formula is C31H41N. The van der Waals surface area contributed by atoms with Crippen LogP contribution in [0.1, 0.15) is 114 Å². The van der Waals surface area contributed by atoms with E-state index in [1.165, 1.54) is 60.8 Å². The lowest BCUT2D eigenvalue weighted by Gasteiger charge is -2.35. The number of nitrogens with zero attached hydrogens (tertiary/aromatic N) is 1. The Kier molecular flexibility index (Phi) is 7.72. The second kappa shape index (κ2) is 10.7. The summed E-state index contributed by atoms with van der Waals surface area (Å²) in [5.41, 5.74) is 5.59. The minimum Gasteiger partial charge on any atom is -0.198 e. The highest BCUT2D eigenvalue weighted by molar-refractivity contribution is 5.64. The Hall–Kier alpha value is -2.07. The summed E-state index contributed by atoms with van der Waals surface area (Å²) in [6, 6.07) is 21.4. The number of nitriles is 1. The number of rotatable bonds is 7. The summed E-state index contributed by atoms with van der Waals surface area (Å²) >= 11 is 0. The Balaban J connectivity index is 1.35. The Bertz CT molecular complexity index is 870. The molecule has 0 N–H and O–H groups in total. The van der Waals surface area contributed by atoms with Crippen LogP contribution in [0.15, 0.2) is 48.5 Å². The molecule has 0 radical (unpaired) electrons. The van der Waals surface area contributed by atoms with Gasteiger partial charge in [-0.15, -0.1) is 0 Å². The molecule has 0 aromatic heterocycles. The predicted molar refractivity (Wildman–Crippen MR) is 136 cm³/mol. The molecule has 2 saturated carbocycles. The van der Waals surface area contributed by atoms with Gasteiger partial charge in [0, 0.05) is 0 Å². The van der Waals surface area contributed by atoms with Crippen molar-refractivity contribution in [1.82, 2.24) is 0 Å². The quantitative estimate of drug-likeness (QED) is 0.431. The molecule has 0 aliphatic heterocycles. The van der Waals surface area contributed by atoms with E-state index in [-0.39, 0.29) is 5.41 Å². The third-order valence-corrected chi connectivity index (χ3v) is 8.55. The molecule has 0 heterocycles. The van der Waals surface area contributed by atoms with Gasteiger partial charge < -0.3 is 0 Å². The molecule has 0 bridgehead atoms. The SMILES string of the molecule is CCC[C@H]1CC[C@H](c2ccc(-c3ccc([C@H]4CC[C@@](C#N)(CCC)CC4)cc3)cc2)CC1. The van der Waals surface area contributed by atoms with Gasteiger partial charge in [0.25, 0.3) is 0 Å². The fourth-order valence-electron chi connectivity index (χ4n) is 6.49. The minimum absolute atomic E-state index is 0.0534. The summed E-state index contributed by atoms with van der Waals surface area (Å²) in [6.45, 7) is 4.52. The molecule has 170 valence electrons. The van der Waals surface area contributed by atoms with Gasteiger partial charge in [-0.05, 0) is 97.8 Å². The van der Waals surface area contributed by atoms with E-state index >= 15 is 0 Å². The highest BCUT2D eigenvalue weighted by atomic mass is 14.4. The van der Waals surface area contributed by atoms with E-state index in [4.69, 9.17) is 0 Å². The van der Waals surface area contributed by atoms with Crippen molar-refractivity contribution in [3.05, 3.63) is 59.7 Å². The lowest BCUT2D eigenvalue weighted by molar-refractivity contribution is 0.228. The Morgan fingerprint density at radius 3 is 1.66 bits per heavy atom. The fourth-order valence-corrected chi connectivity index (χ4v) is 6.49. The summed E-state index contributed by atoms with van der Waals surface area (Å²) in [5, 5.41) is 9.68. The summed E-state index contributed by atoms with van der Waals surface area (Å²) in [6.07, 6.45) is 14.9. The Labute approximate surface area is 196 Å². The van der Waals surface area contributed by atoms with Gasteiger partial charge in [-0.2, -0.15) is 5.26 Å². The second-order valence-electron chi connectivity index (χ2n) is 10.7. The standard InChI is InChI=1S/C31H41N/c1-3-5-24-6-8-25(9-7-24)26-10-12-27(13-11-26)28-14-16-29(17-15-28)30-18-21-31(23-32,20-4-2)22-19-30/h10-17,24-25,30H,3-9,18-22H2,1-2H3/t24-,25-,30-,31-. The molecule has 0 unspecified atom stereocenters. The second-order valence-corrected chi connectivity index (χ2v) is 10.7. The van der Waals surface area contributed by atoms with Crippen molar-refractivity contribution in [3.63, 3.8) is 0 Å². The molecule has 2 aromatic carbocycles. The monoisotopic (exact) mass is 427 g/mol. The first-order chi connectivity index (χ1) is 15.7. The van der Waals surface area contributed by atoms with Crippen LogP contribution in [0.3, 0.4) is 0 Å². The molecule has 0 atom stereocenters. The van der Waals surface area contributed by atoms with Crippen molar-refractivity contribution in [3.8, 4) is 17.2 Å². The van der Waals surface area contributed by atoms with Crippen molar-refractivity contribution < 1.29 is 0 Å². The van der Waals surface area contributed by atoms with Gasteiger partial charge in [0.05, 0.1) is 11.5 Å². The van der Waals surface area contributed by atoms with Crippen LogP contribution in [0.2, 0.25) is 0 Å². The third kappa shape index (κ3) is 5.28. The maximum atomic E-state index is 9.68. The lowest BCUT2D eigenvalue weighted by Crippen LogP contribution is -2.25. The maximum absolute atomic E-state index is 9.68. The lowest BCUT2D eigenvalue weighted by atomic mass is 9.68. The minimum atomic E-state index is -0.0534. The van der Waals surface area contributed by atoms with Crippen LogP contribution < -0.4 is 0 Å². The zero-order valence-electron chi connectivity index (χ0n) is 20.3. The predicted octanol–water partition coefficient (Wildman–Crippen LogP) is 9.40. The highest BCUT2D eigenvalue weighted by Gasteiger charge is 2.35. The van der Waals surface area contributed by atoms with Crippen molar-refractivity contribution in [2.24, 2.45) is 11.3 Å². The van der Waals surface area contributed by atoms with Crippen LogP contribution >= 0.6 is 0 Å². The van der Waals surface area contributed by atoms with E-state index in [0.717, 1.165) is 50.4 Å². The Morgan fingerprint density at radius 1 is 0.719 bits per heavy atom. The molecule has 2 aliphatic rings. The van der Waals surface area contributed by atoms with Gasteiger partial charge in [0.1, 0.15) is 0 Å². The van der Waals surface area contributed by atoms with Gasteiger partial charge in [-0.25, -0.2) is 0 Å². The van der Waals surface area contributed by atoms with Crippen LogP contribution in [-0.2, 0) is 0 Å². The van der Waals surface area contributed by atoms with E-state index in [9.17, 15) is 5.26 Å². The van der Waals surface area contributed by atoms with Gasteiger partial charge in [0.15, 0.2) is 0 Å². The van der Waals surface area contributed by atoms with Crippen LogP contribution in [-0.4, -0.2) is 0 Å². The van der Waals surface area contributed by atoms with E-state index in [2.05, 4.69) is 68.4 Å². The van der Waals surface area contributed by atoms with Crippen molar-refractivity contribution in [2.75, 3.05) is 0 Å². The van der Waals surface area contributed by atoms with Gasteiger partial charge >= 0.3 is 0 Å². The van der Waals surface area contributed by atoms with Gasteiger partial charge in [-0.3, -0.25) is 0 Å². The molecule has 2 aromatic rings. The summed E-state index contributed by atoms with van der Waals surface area (Å²) in [7, 11) is 0. The van der Waals surface area contributed by atoms with Crippen molar-refractivity contribution >= 4 is 0 Å². The fraction of sp³-hybridized carbons (Fsp3) is 0.581. The topological polar surface area (TPSA) is 23.8 Å². The number of hydrogen-bond donors (Lipinski definition) is 0. The molecule has 1 heteroatoms. The molecule has 1 nitrogen and oxygen atoms in total. The maximum Gasteiger partial charge on any atom is 0.0689 e. The van der Waals surface area contributed by atoms with Crippen LogP contribution in [0.5, 0.6) is 0 Å². The molecule has 2 aliphatic carbocycles. The zero-order chi connectivity index (χ0) is 22.4. The molecule has 32 heavy (non-hydrogen) atoms. The van der Waals surface area contributed by atoms with E-state index in [0.29, 0.717) is 5.92 Å². The number of hydrogen-bond acceptors (Lipinski definition) is 1. The smallest absolute Gasteiger partial charge is 0.0689 e. The third-order valence-electron chi connectivity index (χ3n) is 8.55. The normalized spacial score (nSPS) is 28.2. The first kappa shape index (κ1) is 23.1. The molecule has 0 amide bonds. The first-order valence-electron chi connectivity index (χ1n) is 13.3. The number of benzene rings is 2. The average molecular weight is 428 g/mol. The van der Waals surface area contributed by atoms with E-state index in [1.54, 1.807) is 0 Å². The van der Waals surface area contributed by atoms with Crippen LogP contribution in [0.25, 0.3) is 11.1 Å². The van der Waals surface area contributed by atoms with E-state index in [1.807, 2.05) is 0 Å². The zero-order valence-corrected chi connectivity index (χ0v) is 20.3. The molecule has 0 spiro atoms. The van der Waals surface area contributed by atoms with Crippen molar-refractivity contribution in [2.45, 2.75) is 103 Å². The van der Waals surface area contributed by atoms with Crippen molar-refractivity contribution in [1.29, 1.82) is 5.26 Å². The van der Waals surface area contributed by atoms with Crippen LogP contribution in [0.4, 0.5) is 0 Å². The molecular weight excluding hydrogens is 386 g/mol. The summed E-state index contributed by atoms with van der Waals surface area (Å²) in [5.74, 6) is 2.35. The highest BCUT2D eigenvalue weighted by Crippen LogP contribution is 2.45. The Morgan fingerprint density at radius 2 is 1.22 bits per heavy atom. The summed E-state index contributed by atoms with van der Waals surface area (Å²) in [4.78, 5) is 0. The van der Waals surface area contributed by atoms with E-state index < -0.39 is 0 Å². The molecule has 0 saturated heterocycles. The van der Waals surface area contributed by atoms with Gasteiger partial charge in [0.2, 0.25) is 0 Å². The summed E-state index contributed by atoms with van der Waals surface area (Å²) < 4.78 is 0. The first-order valence-corrected chi connectivity index (χ1v) is 13.3. The molecule has 4 rings (SSSR count). The molecule has 2 fully saturated rings. The van der Waals surface area contributed by atoms with Crippen LogP contribution in [0, 0.1) is 22.7 Å².